The molecule has 0 unspecified atom stereocenters. The number of nitrogens with zero attached hydrogens (tertiary/aromatic N) is 1. The number of benzene rings is 1. The number of nitrogens with two attached hydrogens (primary N) is 1. The first-order valence-electron chi connectivity index (χ1n) is 6.42. The number of hydrogen-bond acceptors (Lipinski definition) is 4. The fraction of sp³-hybridized carbons (Fsp3) is 0.133. The van der Waals surface area contributed by atoms with E-state index in [1.807, 2.05) is 18.2 Å². The van der Waals surface area contributed by atoms with E-state index in [4.69, 9.17) is 17.3 Å². The van der Waals surface area contributed by atoms with Gasteiger partial charge in [0, 0.05) is 16.5 Å². The molecule has 22 heavy (non-hydrogen) atoms. The second-order valence-electron chi connectivity index (χ2n) is 4.58. The number of nitrogens with one attached hydrogen (secondary N) is 1. The molecule has 0 atom stereocenters. The number of amides is 2. The summed E-state index contributed by atoms with van der Waals surface area (Å²) < 4.78 is 0. The summed E-state index contributed by atoms with van der Waals surface area (Å²) in [6, 6.07) is 7.29. The Labute approximate surface area is 136 Å². The number of anilines is 1. The predicted octanol–water partition coefficient (Wildman–Crippen LogP) is 2.87. The zero-order chi connectivity index (χ0) is 16.1. The van der Waals surface area contributed by atoms with Crippen LogP contribution < -0.4 is 11.1 Å². The molecular weight excluding hydrogens is 322 g/mol. The maximum Gasteiger partial charge on any atom is 0.250 e. The second kappa shape index (κ2) is 7.20. The lowest BCUT2D eigenvalue weighted by Gasteiger charge is -2.04. The zero-order valence-electron chi connectivity index (χ0n) is 11.8. The highest BCUT2D eigenvalue weighted by Crippen LogP contribution is 2.23. The van der Waals surface area contributed by atoms with Crippen molar-refractivity contribution < 1.29 is 9.59 Å². The van der Waals surface area contributed by atoms with Crippen LogP contribution in [0.1, 0.15) is 18.2 Å². The standard InChI is InChI=1S/C15H14ClN3O2S/c1-9(11-4-2-3-5-12(11)16)6-14(21)19-15-18-10(8-22-15)7-13(17)20/h2-6,8H,7H2,1H3,(H2,17,20)(H,18,19,21)/b9-6-. The number of carbonyl (C=O) groups is 2. The Hall–Kier alpha value is -2.18. The van der Waals surface area contributed by atoms with Crippen molar-refractivity contribution in [1.29, 1.82) is 0 Å². The largest absolute Gasteiger partial charge is 0.369 e. The molecule has 1 aromatic carbocycles. The zero-order valence-corrected chi connectivity index (χ0v) is 13.4. The number of halogens is 1. The molecule has 0 aliphatic heterocycles. The molecular formula is C15H14ClN3O2S. The topological polar surface area (TPSA) is 85.1 Å². The average molecular weight is 336 g/mol. The monoisotopic (exact) mass is 335 g/mol. The van der Waals surface area contributed by atoms with Gasteiger partial charge in [0.15, 0.2) is 5.13 Å². The molecule has 114 valence electrons. The molecule has 0 fully saturated rings. The summed E-state index contributed by atoms with van der Waals surface area (Å²) in [7, 11) is 0. The van der Waals surface area contributed by atoms with E-state index in [-0.39, 0.29) is 12.3 Å². The van der Waals surface area contributed by atoms with E-state index >= 15 is 0 Å². The summed E-state index contributed by atoms with van der Waals surface area (Å²) >= 11 is 7.33. The smallest absolute Gasteiger partial charge is 0.250 e. The Morgan fingerprint density at radius 1 is 1.41 bits per heavy atom. The molecule has 3 N–H and O–H groups in total. The number of aromatic nitrogens is 1. The van der Waals surface area contributed by atoms with E-state index < -0.39 is 5.91 Å². The van der Waals surface area contributed by atoms with E-state index in [1.54, 1.807) is 18.4 Å². The Morgan fingerprint density at radius 3 is 2.82 bits per heavy atom. The second-order valence-corrected chi connectivity index (χ2v) is 5.85. The van der Waals surface area contributed by atoms with E-state index in [2.05, 4.69) is 10.3 Å². The van der Waals surface area contributed by atoms with Crippen LogP contribution in [0.3, 0.4) is 0 Å². The van der Waals surface area contributed by atoms with Gasteiger partial charge >= 0.3 is 0 Å². The summed E-state index contributed by atoms with van der Waals surface area (Å²) in [5.41, 5.74) is 7.18. The third kappa shape index (κ3) is 4.41. The number of carbonyl (C=O) groups excluding carboxylic acids is 2. The number of allylic oxidation sites excluding steroid dienone is 1. The molecule has 0 spiro atoms. The van der Waals surface area contributed by atoms with Gasteiger partial charge in [-0.05, 0) is 24.1 Å². The number of hydrogen-bond donors (Lipinski definition) is 2. The maximum atomic E-state index is 12.0. The molecule has 0 radical (unpaired) electrons. The molecule has 2 aromatic rings. The fourth-order valence-corrected chi connectivity index (χ4v) is 2.82. The van der Waals surface area contributed by atoms with Crippen LogP contribution in [0.5, 0.6) is 0 Å². The van der Waals surface area contributed by atoms with Gasteiger partial charge in [0.2, 0.25) is 11.8 Å². The third-order valence-electron chi connectivity index (χ3n) is 2.78. The van der Waals surface area contributed by atoms with E-state index in [0.717, 1.165) is 11.1 Å². The Balaban J connectivity index is 2.06. The molecule has 1 aromatic heterocycles. The Kier molecular flexibility index (Phi) is 5.30. The van der Waals surface area contributed by atoms with E-state index in [9.17, 15) is 9.59 Å². The van der Waals surface area contributed by atoms with Gasteiger partial charge in [-0.3, -0.25) is 14.9 Å². The predicted molar refractivity (Wildman–Crippen MR) is 88.7 cm³/mol. The van der Waals surface area contributed by atoms with E-state index in [1.165, 1.54) is 17.4 Å². The molecule has 7 heteroatoms. The number of rotatable bonds is 5. The highest BCUT2D eigenvalue weighted by atomic mass is 35.5. The highest BCUT2D eigenvalue weighted by molar-refractivity contribution is 7.14. The van der Waals surface area contributed by atoms with Gasteiger partial charge in [0.05, 0.1) is 12.1 Å². The molecule has 2 amide bonds. The summed E-state index contributed by atoms with van der Waals surface area (Å²) in [5, 5.41) is 5.34. The lowest BCUT2D eigenvalue weighted by molar-refractivity contribution is -0.117. The van der Waals surface area contributed by atoms with Gasteiger partial charge in [-0.15, -0.1) is 11.3 Å². The minimum Gasteiger partial charge on any atom is -0.369 e. The Bertz CT molecular complexity index is 740. The van der Waals surface area contributed by atoms with Crippen LogP contribution in [0.4, 0.5) is 5.13 Å². The van der Waals surface area contributed by atoms with Crippen molar-refractivity contribution >= 4 is 45.5 Å². The number of primary amides is 1. The molecule has 1 heterocycles. The van der Waals surface area contributed by atoms with Crippen molar-refractivity contribution in [2.24, 2.45) is 5.73 Å². The summed E-state index contributed by atoms with van der Waals surface area (Å²) in [6.45, 7) is 1.81. The van der Waals surface area contributed by atoms with Gasteiger partial charge in [-0.25, -0.2) is 4.98 Å². The molecule has 2 rings (SSSR count). The lowest BCUT2D eigenvalue weighted by Crippen LogP contribution is -2.14. The summed E-state index contributed by atoms with van der Waals surface area (Å²) in [4.78, 5) is 26.9. The van der Waals surface area contributed by atoms with Crippen molar-refractivity contribution in [2.75, 3.05) is 5.32 Å². The lowest BCUT2D eigenvalue weighted by atomic mass is 10.1. The third-order valence-corrected chi connectivity index (χ3v) is 3.92. The normalized spacial score (nSPS) is 11.3. The quantitative estimate of drug-likeness (QED) is 0.824. The molecule has 0 aliphatic carbocycles. The van der Waals surface area contributed by atoms with Gasteiger partial charge in [-0.2, -0.15) is 0 Å². The summed E-state index contributed by atoms with van der Waals surface area (Å²) in [6.07, 6.45) is 1.51. The number of thiazole rings is 1. The van der Waals surface area contributed by atoms with Gasteiger partial charge in [-0.1, -0.05) is 29.8 Å². The van der Waals surface area contributed by atoms with Crippen molar-refractivity contribution in [3.05, 3.63) is 52.0 Å². The Morgan fingerprint density at radius 2 is 2.14 bits per heavy atom. The van der Waals surface area contributed by atoms with Crippen LogP contribution in [0.15, 0.2) is 35.7 Å². The van der Waals surface area contributed by atoms with Gasteiger partial charge in [0.25, 0.3) is 0 Å². The SMILES string of the molecule is C/C(=C/C(=O)Nc1nc(CC(N)=O)cs1)c1ccccc1Cl. The average Bonchev–Trinajstić information content (AvgIpc) is 2.85. The van der Waals surface area contributed by atoms with Crippen molar-refractivity contribution in [3.8, 4) is 0 Å². The van der Waals surface area contributed by atoms with Crippen molar-refractivity contribution in [1.82, 2.24) is 4.98 Å². The minimum atomic E-state index is -0.461. The molecule has 0 bridgehead atoms. The first kappa shape index (κ1) is 16.2. The van der Waals surface area contributed by atoms with Crippen LogP contribution >= 0.6 is 22.9 Å². The van der Waals surface area contributed by atoms with E-state index in [0.29, 0.717) is 15.8 Å². The highest BCUT2D eigenvalue weighted by Gasteiger charge is 2.08. The minimum absolute atomic E-state index is 0.0564. The van der Waals surface area contributed by atoms with Crippen LogP contribution in [0, 0.1) is 0 Å². The summed E-state index contributed by atoms with van der Waals surface area (Å²) in [5.74, 6) is -0.768. The van der Waals surface area contributed by atoms with Crippen LogP contribution in [0.25, 0.3) is 5.57 Å². The van der Waals surface area contributed by atoms with Crippen molar-refractivity contribution in [3.63, 3.8) is 0 Å². The molecule has 0 aliphatic rings. The van der Waals surface area contributed by atoms with Crippen LogP contribution in [0.2, 0.25) is 5.02 Å². The van der Waals surface area contributed by atoms with Crippen LogP contribution in [-0.4, -0.2) is 16.8 Å². The van der Waals surface area contributed by atoms with Crippen molar-refractivity contribution in [2.45, 2.75) is 13.3 Å². The maximum absolute atomic E-state index is 12.0. The molecule has 5 nitrogen and oxygen atoms in total. The molecule has 0 saturated carbocycles. The first-order chi connectivity index (χ1) is 10.5. The fourth-order valence-electron chi connectivity index (χ4n) is 1.82. The first-order valence-corrected chi connectivity index (χ1v) is 7.68. The van der Waals surface area contributed by atoms with Crippen LogP contribution in [-0.2, 0) is 16.0 Å². The van der Waals surface area contributed by atoms with Gasteiger partial charge in [0.1, 0.15) is 0 Å². The molecule has 0 saturated heterocycles. The van der Waals surface area contributed by atoms with Gasteiger partial charge < -0.3 is 5.73 Å².